The molecule has 13 heteroatoms. The van der Waals surface area contributed by atoms with E-state index >= 15 is 4.79 Å². The maximum atomic E-state index is 15.3. The van der Waals surface area contributed by atoms with Gasteiger partial charge in [-0.15, -0.1) is 0 Å². The molecule has 2 bridgehead atoms. The van der Waals surface area contributed by atoms with Crippen LogP contribution in [0.4, 0.5) is 0 Å². The number of aliphatic hydroxyl groups excluding tert-OH is 3. The van der Waals surface area contributed by atoms with E-state index in [1.807, 2.05) is 26.8 Å². The molecular formula is C52H72N2O11. The molecular weight excluding hydrogens is 829 g/mol. The molecule has 1 aromatic heterocycles. The third-order valence-electron chi connectivity index (χ3n) is 21.1. The molecule has 5 aliphatic carbocycles. The van der Waals surface area contributed by atoms with Crippen LogP contribution in [0.2, 0.25) is 0 Å². The monoisotopic (exact) mass is 901 g/mol. The van der Waals surface area contributed by atoms with Crippen molar-refractivity contribution in [3.63, 3.8) is 0 Å². The van der Waals surface area contributed by atoms with Gasteiger partial charge in [0.25, 0.3) is 0 Å². The van der Waals surface area contributed by atoms with Gasteiger partial charge in [-0.05, 0) is 130 Å². The van der Waals surface area contributed by atoms with E-state index in [2.05, 4.69) is 43.3 Å². The number of carbonyl (C=O) groups is 3. The fraction of sp³-hybridized carbons (Fsp3) is 0.827. The number of hydrogen-bond donors (Lipinski definition) is 4. The Morgan fingerprint density at radius 1 is 1.00 bits per heavy atom. The molecule has 5 saturated carbocycles. The average molecular weight is 901 g/mol. The quantitative estimate of drug-likeness (QED) is 0.181. The molecule has 12 rings (SSSR count). The topological polar surface area (TPSA) is 181 Å². The Morgan fingerprint density at radius 3 is 2.60 bits per heavy atom. The van der Waals surface area contributed by atoms with Gasteiger partial charge in [0.05, 0.1) is 49.2 Å². The number of epoxide rings is 1. The van der Waals surface area contributed by atoms with Crippen molar-refractivity contribution in [1.29, 1.82) is 0 Å². The van der Waals surface area contributed by atoms with Crippen molar-refractivity contribution in [1.82, 2.24) is 10.2 Å². The minimum absolute atomic E-state index is 0.0311. The zero-order valence-electron chi connectivity index (χ0n) is 39.2. The average Bonchev–Trinajstić information content (AvgIpc) is 3.58. The Morgan fingerprint density at radius 2 is 1.82 bits per heavy atom. The SMILES string of the molecule is CC(C)CCC1CCC2(C1)CC1CC3(C)C(c4ccoc4CC(C(O)CO)C4CCC5C(C=CN6CNCC56)C4)OC(=O)C4OC43C3(C)C(O)C(=O)C4C(C)(C)OC5C2C(=O)OCC54C13. The van der Waals surface area contributed by atoms with E-state index in [-0.39, 0.29) is 48.6 Å². The largest absolute Gasteiger partial charge is 0.469 e. The summed E-state index contributed by atoms with van der Waals surface area (Å²) in [5, 5.41) is 38.6. The number of hydrogen-bond acceptors (Lipinski definition) is 13. The van der Waals surface area contributed by atoms with Crippen LogP contribution in [0.15, 0.2) is 29.0 Å². The van der Waals surface area contributed by atoms with Gasteiger partial charge in [-0.2, -0.15) is 0 Å². The summed E-state index contributed by atoms with van der Waals surface area (Å²) < 4.78 is 33.5. The lowest BCUT2D eigenvalue weighted by molar-refractivity contribution is -0.266. The standard InChI is InChI=1S/C52H72N2O11/c1-26(2)7-8-27-11-14-50(19-27)21-30-20-48(5)42(32-13-16-61-36(32)18-33(35(56)23-55)28-9-10-31-29(17-28)12-15-54-25-53-22-34(31)54)63-46(60)44-52(48,65-44)49(6)39(30)51-24-62-45(59)37(50)43(51)64-47(3,4)40(51)38(57)41(49)58/h12-13,15-16,26-31,33-35,37,39-44,53,55-56,58H,7-11,14,17-25H2,1-6H3. The Kier molecular flexibility index (Phi) is 9.61. The summed E-state index contributed by atoms with van der Waals surface area (Å²) >= 11 is 0. The van der Waals surface area contributed by atoms with Crippen LogP contribution in [-0.2, 0) is 39.8 Å². The van der Waals surface area contributed by atoms with Gasteiger partial charge in [0.1, 0.15) is 30.2 Å². The maximum absolute atomic E-state index is 15.3. The molecule has 65 heavy (non-hydrogen) atoms. The summed E-state index contributed by atoms with van der Waals surface area (Å²) in [6, 6.07) is 2.36. The highest BCUT2D eigenvalue weighted by Gasteiger charge is 2.93. The lowest BCUT2D eigenvalue weighted by atomic mass is 9.34. The lowest BCUT2D eigenvalue weighted by Gasteiger charge is -2.68. The zero-order valence-corrected chi connectivity index (χ0v) is 39.2. The van der Waals surface area contributed by atoms with Gasteiger partial charge in [-0.25, -0.2) is 4.79 Å². The third kappa shape index (κ3) is 5.51. The van der Waals surface area contributed by atoms with Crippen LogP contribution in [0.3, 0.4) is 0 Å². The van der Waals surface area contributed by atoms with Crippen molar-refractivity contribution < 1.29 is 53.1 Å². The van der Waals surface area contributed by atoms with Crippen LogP contribution in [0.5, 0.6) is 0 Å². The Balaban J connectivity index is 0.947. The van der Waals surface area contributed by atoms with E-state index in [4.69, 9.17) is 23.4 Å². The second-order valence-electron chi connectivity index (χ2n) is 24.8. The number of nitrogens with zero attached hydrogens (tertiary/aromatic N) is 1. The summed E-state index contributed by atoms with van der Waals surface area (Å²) in [4.78, 5) is 46.8. The number of rotatable bonds is 9. The van der Waals surface area contributed by atoms with Crippen LogP contribution in [0.1, 0.15) is 123 Å². The number of nitrogens with one attached hydrogen (secondary N) is 1. The number of fused-ring (bicyclic) bond motifs is 4. The van der Waals surface area contributed by atoms with Crippen molar-refractivity contribution in [2.24, 2.45) is 80.8 Å². The van der Waals surface area contributed by atoms with E-state index in [1.54, 1.807) is 6.26 Å². The Labute approximate surface area is 383 Å². The molecule has 20 atom stereocenters. The van der Waals surface area contributed by atoms with E-state index in [1.165, 1.54) is 0 Å². The van der Waals surface area contributed by atoms with E-state index < -0.39 is 81.2 Å². The first-order chi connectivity index (χ1) is 31.0. The minimum Gasteiger partial charge on any atom is -0.469 e. The number of carbonyl (C=O) groups excluding carboxylic acids is 3. The molecule has 3 spiro atoms. The molecule has 0 amide bonds. The highest BCUT2D eigenvalue weighted by molar-refractivity contribution is 5.92. The van der Waals surface area contributed by atoms with Gasteiger partial charge in [-0.1, -0.05) is 46.6 Å². The number of furan rings is 1. The van der Waals surface area contributed by atoms with Crippen LogP contribution in [0, 0.1) is 80.8 Å². The van der Waals surface area contributed by atoms with Gasteiger partial charge in [0.2, 0.25) is 0 Å². The van der Waals surface area contributed by atoms with Gasteiger partial charge in [0.15, 0.2) is 11.9 Å². The molecule has 0 aromatic carbocycles. The van der Waals surface area contributed by atoms with Gasteiger partial charge >= 0.3 is 11.9 Å². The fourth-order valence-corrected chi connectivity index (χ4v) is 18.9. The van der Waals surface area contributed by atoms with Crippen molar-refractivity contribution >= 4 is 17.7 Å². The highest BCUT2D eigenvalue weighted by Crippen LogP contribution is 2.84. The fourth-order valence-electron chi connectivity index (χ4n) is 18.9. The molecule has 11 aliphatic rings. The molecule has 13 nitrogen and oxygen atoms in total. The highest BCUT2D eigenvalue weighted by atomic mass is 16.7. The van der Waals surface area contributed by atoms with Crippen molar-refractivity contribution in [2.45, 2.75) is 160 Å². The van der Waals surface area contributed by atoms with Gasteiger partial charge < -0.3 is 43.6 Å². The molecule has 4 N–H and O–H groups in total. The lowest BCUT2D eigenvalue weighted by Crippen LogP contribution is -2.77. The van der Waals surface area contributed by atoms with Crippen molar-refractivity contribution in [3.05, 3.63) is 35.9 Å². The summed E-state index contributed by atoms with van der Waals surface area (Å²) in [6.07, 6.45) is 10.8. The number of Topliss-reactive ketones (excluding diaryl/α,β-unsaturated/α-hetero) is 1. The van der Waals surface area contributed by atoms with Crippen LogP contribution in [-0.4, -0.2) is 106 Å². The number of aliphatic hydroxyl groups is 3. The number of esters is 2. The smallest absolute Gasteiger partial charge is 0.339 e. The Hall–Kier alpha value is -2.81. The second-order valence-corrected chi connectivity index (χ2v) is 24.8. The van der Waals surface area contributed by atoms with Crippen LogP contribution in [0.25, 0.3) is 0 Å². The number of ketones is 1. The molecule has 20 unspecified atom stereocenters. The van der Waals surface area contributed by atoms with Gasteiger partial charge in [-0.3, -0.25) is 14.9 Å². The van der Waals surface area contributed by atoms with Crippen LogP contribution < -0.4 is 5.32 Å². The Bertz CT molecular complexity index is 2170. The summed E-state index contributed by atoms with van der Waals surface area (Å²) in [7, 11) is 0. The van der Waals surface area contributed by atoms with E-state index in [0.717, 1.165) is 64.6 Å². The molecule has 5 saturated heterocycles. The first-order valence-electron chi connectivity index (χ1n) is 25.4. The minimum atomic E-state index is -1.47. The summed E-state index contributed by atoms with van der Waals surface area (Å²) in [6.45, 7) is 14.1. The predicted octanol–water partition coefficient (Wildman–Crippen LogP) is 5.49. The number of allylic oxidation sites excluding steroid dienone is 1. The van der Waals surface area contributed by atoms with E-state index in [0.29, 0.717) is 60.3 Å². The number of ether oxygens (including phenoxy) is 4. The molecule has 0 radical (unpaired) electrons. The summed E-state index contributed by atoms with van der Waals surface area (Å²) in [5.41, 5.74) is -5.11. The van der Waals surface area contributed by atoms with Crippen LogP contribution >= 0.6 is 0 Å². The molecule has 10 fully saturated rings. The van der Waals surface area contributed by atoms with Gasteiger partial charge in [0, 0.05) is 40.8 Å². The second kappa shape index (κ2) is 14.4. The predicted molar refractivity (Wildman–Crippen MR) is 234 cm³/mol. The molecule has 7 heterocycles. The first-order valence-corrected chi connectivity index (χ1v) is 25.4. The normalized spacial score (nSPS) is 50.5. The molecule has 356 valence electrons. The number of cyclic esters (lactones) is 2. The molecule has 6 aliphatic heterocycles. The van der Waals surface area contributed by atoms with E-state index in [9.17, 15) is 24.9 Å². The summed E-state index contributed by atoms with van der Waals surface area (Å²) in [5.74, 6) is -0.437. The third-order valence-corrected chi connectivity index (χ3v) is 21.1. The molecule has 1 aromatic rings. The first kappa shape index (κ1) is 43.5. The van der Waals surface area contributed by atoms with Crippen molar-refractivity contribution in [2.75, 3.05) is 26.4 Å². The zero-order chi connectivity index (χ0) is 45.4. The van der Waals surface area contributed by atoms with Crippen molar-refractivity contribution in [3.8, 4) is 0 Å². The maximum Gasteiger partial charge on any atom is 0.339 e.